The second-order valence-corrected chi connectivity index (χ2v) is 4.42. The molecular formula is C15H19N. The van der Waals surface area contributed by atoms with E-state index in [0.29, 0.717) is 0 Å². The second-order valence-electron chi connectivity index (χ2n) is 4.42. The summed E-state index contributed by atoms with van der Waals surface area (Å²) < 4.78 is 0. The van der Waals surface area contributed by atoms with Gasteiger partial charge in [0, 0.05) is 6.54 Å². The van der Waals surface area contributed by atoms with Gasteiger partial charge in [-0.05, 0) is 42.4 Å². The van der Waals surface area contributed by atoms with Crippen LogP contribution in [0.2, 0.25) is 0 Å². The van der Waals surface area contributed by atoms with Crippen LogP contribution in [0.1, 0.15) is 18.9 Å². The first-order valence-electron chi connectivity index (χ1n) is 5.96. The molecule has 0 aliphatic heterocycles. The summed E-state index contributed by atoms with van der Waals surface area (Å²) >= 11 is 0. The van der Waals surface area contributed by atoms with Crippen LogP contribution in [0.3, 0.4) is 0 Å². The van der Waals surface area contributed by atoms with E-state index >= 15 is 0 Å². The number of fused-ring (bicyclic) bond motifs is 1. The van der Waals surface area contributed by atoms with E-state index in [1.54, 1.807) is 0 Å². The highest BCUT2D eigenvalue weighted by molar-refractivity contribution is 5.82. The van der Waals surface area contributed by atoms with Crippen LogP contribution in [0.5, 0.6) is 0 Å². The van der Waals surface area contributed by atoms with E-state index < -0.39 is 0 Å². The molecular weight excluding hydrogens is 194 g/mol. The minimum atomic E-state index is 1.04. The van der Waals surface area contributed by atoms with Crippen LogP contribution in [0, 0.1) is 0 Å². The number of rotatable bonds is 4. The van der Waals surface area contributed by atoms with Crippen molar-refractivity contribution in [3.05, 3.63) is 48.0 Å². The summed E-state index contributed by atoms with van der Waals surface area (Å²) in [7, 11) is 2.18. The molecule has 2 rings (SSSR count). The highest BCUT2D eigenvalue weighted by Crippen LogP contribution is 2.16. The van der Waals surface area contributed by atoms with Crippen LogP contribution in [0.4, 0.5) is 0 Å². The van der Waals surface area contributed by atoms with Crippen molar-refractivity contribution in [2.45, 2.75) is 19.9 Å². The largest absolute Gasteiger partial charge is 0.302 e. The predicted molar refractivity (Wildman–Crippen MR) is 70.6 cm³/mol. The van der Waals surface area contributed by atoms with Crippen LogP contribution in [-0.2, 0) is 6.54 Å². The van der Waals surface area contributed by atoms with Gasteiger partial charge in [0.25, 0.3) is 0 Å². The Hall–Kier alpha value is -1.34. The Morgan fingerprint density at radius 1 is 1.00 bits per heavy atom. The van der Waals surface area contributed by atoms with E-state index in [1.165, 1.54) is 22.8 Å². The maximum atomic E-state index is 2.37. The summed E-state index contributed by atoms with van der Waals surface area (Å²) in [4.78, 5) is 2.37. The summed E-state index contributed by atoms with van der Waals surface area (Å²) in [5.41, 5.74) is 1.40. The smallest absolute Gasteiger partial charge is 0.0230 e. The van der Waals surface area contributed by atoms with Crippen LogP contribution in [-0.4, -0.2) is 18.5 Å². The third-order valence-corrected chi connectivity index (χ3v) is 2.87. The topological polar surface area (TPSA) is 3.24 Å². The monoisotopic (exact) mass is 213 g/mol. The summed E-state index contributed by atoms with van der Waals surface area (Å²) in [5, 5.41) is 2.66. The standard InChI is InChI=1S/C15H19N/c1-3-10-16(2)12-13-8-9-14-6-4-5-7-15(14)11-13/h4-9,11H,3,10,12H2,1-2H3. The molecule has 0 heterocycles. The van der Waals surface area contributed by atoms with E-state index in [4.69, 9.17) is 0 Å². The average Bonchev–Trinajstić information content (AvgIpc) is 2.29. The molecule has 16 heavy (non-hydrogen) atoms. The van der Waals surface area contributed by atoms with Crippen molar-refractivity contribution < 1.29 is 0 Å². The van der Waals surface area contributed by atoms with E-state index in [0.717, 1.165) is 13.1 Å². The summed E-state index contributed by atoms with van der Waals surface area (Å²) in [5.74, 6) is 0. The van der Waals surface area contributed by atoms with Gasteiger partial charge < -0.3 is 4.90 Å². The van der Waals surface area contributed by atoms with Gasteiger partial charge in [-0.1, -0.05) is 43.3 Å². The Morgan fingerprint density at radius 2 is 1.75 bits per heavy atom. The van der Waals surface area contributed by atoms with Gasteiger partial charge in [0.15, 0.2) is 0 Å². The molecule has 1 heteroatoms. The van der Waals surface area contributed by atoms with Gasteiger partial charge in [0.05, 0.1) is 0 Å². The van der Waals surface area contributed by atoms with E-state index in [9.17, 15) is 0 Å². The Labute approximate surface area is 97.7 Å². The fourth-order valence-corrected chi connectivity index (χ4v) is 2.11. The van der Waals surface area contributed by atoms with E-state index in [1.807, 2.05) is 0 Å². The molecule has 0 amide bonds. The molecule has 0 unspecified atom stereocenters. The van der Waals surface area contributed by atoms with Gasteiger partial charge in [-0.15, -0.1) is 0 Å². The highest BCUT2D eigenvalue weighted by Gasteiger charge is 2.00. The molecule has 0 fully saturated rings. The van der Waals surface area contributed by atoms with Crippen molar-refractivity contribution in [1.82, 2.24) is 4.90 Å². The Bertz CT molecular complexity index is 462. The normalized spacial score (nSPS) is 11.2. The lowest BCUT2D eigenvalue weighted by Crippen LogP contribution is -2.18. The SMILES string of the molecule is CCCN(C)Cc1ccc2ccccc2c1. The first kappa shape index (κ1) is 11.2. The molecule has 0 spiro atoms. The highest BCUT2D eigenvalue weighted by atomic mass is 15.1. The lowest BCUT2D eigenvalue weighted by Gasteiger charge is -2.15. The van der Waals surface area contributed by atoms with Gasteiger partial charge >= 0.3 is 0 Å². The van der Waals surface area contributed by atoms with Crippen molar-refractivity contribution in [1.29, 1.82) is 0 Å². The maximum absolute atomic E-state index is 2.37. The lowest BCUT2D eigenvalue weighted by atomic mass is 10.1. The van der Waals surface area contributed by atoms with Gasteiger partial charge in [-0.2, -0.15) is 0 Å². The Balaban J connectivity index is 2.19. The Morgan fingerprint density at radius 3 is 2.50 bits per heavy atom. The minimum Gasteiger partial charge on any atom is -0.302 e. The third kappa shape index (κ3) is 2.61. The summed E-state index contributed by atoms with van der Waals surface area (Å²) in [6, 6.07) is 15.3. The maximum Gasteiger partial charge on any atom is 0.0230 e. The number of benzene rings is 2. The van der Waals surface area contributed by atoms with Gasteiger partial charge in [-0.25, -0.2) is 0 Å². The zero-order chi connectivity index (χ0) is 11.4. The molecule has 0 aliphatic carbocycles. The Kier molecular flexibility index (Phi) is 3.58. The van der Waals surface area contributed by atoms with Crippen molar-refractivity contribution in [2.24, 2.45) is 0 Å². The average molecular weight is 213 g/mol. The van der Waals surface area contributed by atoms with Crippen LogP contribution in [0.25, 0.3) is 10.8 Å². The summed E-state index contributed by atoms with van der Waals surface area (Å²) in [6.07, 6.45) is 1.21. The number of hydrogen-bond acceptors (Lipinski definition) is 1. The molecule has 0 aromatic heterocycles. The fourth-order valence-electron chi connectivity index (χ4n) is 2.11. The molecule has 2 aromatic carbocycles. The first-order chi connectivity index (χ1) is 7.79. The molecule has 0 N–H and O–H groups in total. The molecule has 2 aromatic rings. The van der Waals surface area contributed by atoms with Crippen LogP contribution >= 0.6 is 0 Å². The van der Waals surface area contributed by atoms with Gasteiger partial charge in [0.1, 0.15) is 0 Å². The van der Waals surface area contributed by atoms with E-state index in [-0.39, 0.29) is 0 Å². The molecule has 1 nitrogen and oxygen atoms in total. The van der Waals surface area contributed by atoms with Crippen molar-refractivity contribution in [3.8, 4) is 0 Å². The molecule has 0 atom stereocenters. The molecule has 0 bridgehead atoms. The molecule has 0 aliphatic rings. The van der Waals surface area contributed by atoms with Gasteiger partial charge in [0.2, 0.25) is 0 Å². The minimum absolute atomic E-state index is 1.04. The molecule has 0 radical (unpaired) electrons. The zero-order valence-corrected chi connectivity index (χ0v) is 10.1. The van der Waals surface area contributed by atoms with E-state index in [2.05, 4.69) is 61.3 Å². The van der Waals surface area contributed by atoms with Crippen molar-refractivity contribution >= 4 is 10.8 Å². The summed E-state index contributed by atoms with van der Waals surface area (Å²) in [6.45, 7) is 4.42. The molecule has 0 saturated heterocycles. The van der Waals surface area contributed by atoms with Crippen LogP contribution in [0.15, 0.2) is 42.5 Å². The number of nitrogens with zero attached hydrogens (tertiary/aromatic N) is 1. The zero-order valence-electron chi connectivity index (χ0n) is 10.1. The predicted octanol–water partition coefficient (Wildman–Crippen LogP) is 3.68. The van der Waals surface area contributed by atoms with Gasteiger partial charge in [-0.3, -0.25) is 0 Å². The molecule has 0 saturated carbocycles. The van der Waals surface area contributed by atoms with Crippen LogP contribution < -0.4 is 0 Å². The fraction of sp³-hybridized carbons (Fsp3) is 0.333. The van der Waals surface area contributed by atoms with Crippen molar-refractivity contribution in [2.75, 3.05) is 13.6 Å². The third-order valence-electron chi connectivity index (χ3n) is 2.87. The lowest BCUT2D eigenvalue weighted by molar-refractivity contribution is 0.327. The second kappa shape index (κ2) is 5.13. The first-order valence-corrected chi connectivity index (χ1v) is 5.96. The quantitative estimate of drug-likeness (QED) is 0.749. The number of hydrogen-bond donors (Lipinski definition) is 0. The van der Waals surface area contributed by atoms with Crippen molar-refractivity contribution in [3.63, 3.8) is 0 Å². The molecule has 84 valence electrons.